The molecule has 0 fully saturated rings. The number of aliphatic hydroxyl groups excluding tert-OH is 1. The summed E-state index contributed by atoms with van der Waals surface area (Å²) in [5, 5.41) is 10.7. The standard InChI is InChI=1S/C88H172O17P2/c1-6-9-12-15-18-21-24-26-28-30-32-34-36-38-43-47-52-57-62-67-72-86(91)99-78-84(105-87(92)73-68-63-58-53-48-44-39-37-35-33-31-29-27-25-22-19-16-13-10-7-2)80-103-107(96,97)101-76-82(89)75-100-106(94,95)102-79-83(77-98-85(90)71-66-61-56-51-23-20-17-14-11-8-3)104-88(93)74-69-64-59-54-49-45-41-40-42-46-50-55-60-65-70-81(4)5/h81-84,89H,6-80H2,1-5H3,(H,94,95)(H,96,97)/t82-,83+,84+/m0/s1. The van der Waals surface area contributed by atoms with Gasteiger partial charge in [-0.15, -0.1) is 0 Å². The molecule has 3 N–H and O–H groups in total. The lowest BCUT2D eigenvalue weighted by atomic mass is 10.0. The first-order valence-electron chi connectivity index (χ1n) is 45.6. The minimum Gasteiger partial charge on any atom is -0.462 e. The molecule has 5 atom stereocenters. The van der Waals surface area contributed by atoms with E-state index in [1.807, 2.05) is 0 Å². The van der Waals surface area contributed by atoms with Gasteiger partial charge in [0.05, 0.1) is 26.4 Å². The summed E-state index contributed by atoms with van der Waals surface area (Å²) >= 11 is 0. The van der Waals surface area contributed by atoms with Gasteiger partial charge in [0, 0.05) is 25.7 Å². The predicted molar refractivity (Wildman–Crippen MR) is 442 cm³/mol. The number of ether oxygens (including phenoxy) is 4. The number of carbonyl (C=O) groups is 4. The third kappa shape index (κ3) is 81.9. The van der Waals surface area contributed by atoms with Crippen molar-refractivity contribution in [2.75, 3.05) is 39.6 Å². The van der Waals surface area contributed by atoms with E-state index in [9.17, 15) is 43.2 Å². The number of esters is 4. The third-order valence-electron chi connectivity index (χ3n) is 20.8. The number of rotatable bonds is 88. The van der Waals surface area contributed by atoms with Gasteiger partial charge in [-0.1, -0.05) is 426 Å². The zero-order valence-corrected chi connectivity index (χ0v) is 72.1. The lowest BCUT2D eigenvalue weighted by molar-refractivity contribution is -0.161. The Hall–Kier alpha value is -1.94. The first kappa shape index (κ1) is 105. The molecule has 0 saturated heterocycles. The number of unbranched alkanes of at least 4 members (excludes halogenated alkanes) is 60. The minimum atomic E-state index is -4.97. The molecule has 0 bridgehead atoms. The normalized spacial score (nSPS) is 13.7. The second-order valence-electron chi connectivity index (χ2n) is 32.1. The smallest absolute Gasteiger partial charge is 0.462 e. The molecule has 17 nitrogen and oxygen atoms in total. The zero-order valence-electron chi connectivity index (χ0n) is 70.3. The second kappa shape index (κ2) is 80.7. The lowest BCUT2D eigenvalue weighted by Crippen LogP contribution is -2.30. The van der Waals surface area contributed by atoms with Crippen LogP contribution in [0.1, 0.15) is 478 Å². The van der Waals surface area contributed by atoms with Crippen LogP contribution in [0.2, 0.25) is 0 Å². The number of hydrogen-bond acceptors (Lipinski definition) is 15. The Balaban J connectivity index is 5.22. The van der Waals surface area contributed by atoms with Crippen molar-refractivity contribution in [2.24, 2.45) is 5.92 Å². The number of phosphoric ester groups is 2. The third-order valence-corrected chi connectivity index (χ3v) is 22.7. The average Bonchev–Trinajstić information content (AvgIpc) is 0.901. The Labute approximate surface area is 658 Å². The molecule has 0 amide bonds. The zero-order chi connectivity index (χ0) is 78.3. The quantitative estimate of drug-likeness (QED) is 0.0222. The van der Waals surface area contributed by atoms with E-state index in [-0.39, 0.29) is 25.7 Å². The van der Waals surface area contributed by atoms with Crippen LogP contribution in [0.15, 0.2) is 0 Å². The minimum absolute atomic E-state index is 0.108. The first-order valence-corrected chi connectivity index (χ1v) is 48.6. The van der Waals surface area contributed by atoms with Crippen LogP contribution in [0.5, 0.6) is 0 Å². The summed E-state index contributed by atoms with van der Waals surface area (Å²) in [6.07, 6.45) is 75.1. The molecule has 636 valence electrons. The maximum absolute atomic E-state index is 13.2. The van der Waals surface area contributed by atoms with E-state index < -0.39 is 97.5 Å². The maximum atomic E-state index is 13.2. The van der Waals surface area contributed by atoms with Gasteiger partial charge >= 0.3 is 39.5 Å². The van der Waals surface area contributed by atoms with Gasteiger partial charge in [-0.05, 0) is 31.6 Å². The number of aliphatic hydroxyl groups is 1. The van der Waals surface area contributed by atoms with Crippen LogP contribution in [-0.2, 0) is 65.4 Å². The molecule has 0 aromatic rings. The van der Waals surface area contributed by atoms with E-state index >= 15 is 0 Å². The molecule has 0 aliphatic carbocycles. The van der Waals surface area contributed by atoms with E-state index in [2.05, 4.69) is 34.6 Å². The monoisotopic (exact) mass is 1560 g/mol. The highest BCUT2D eigenvalue weighted by molar-refractivity contribution is 7.47. The summed E-state index contributed by atoms with van der Waals surface area (Å²) in [4.78, 5) is 73.3. The van der Waals surface area contributed by atoms with Crippen molar-refractivity contribution in [3.8, 4) is 0 Å². The summed E-state index contributed by atoms with van der Waals surface area (Å²) in [6, 6.07) is 0. The fourth-order valence-electron chi connectivity index (χ4n) is 13.8. The molecule has 0 aliphatic heterocycles. The Morgan fingerprint density at radius 1 is 0.252 bits per heavy atom. The molecule has 0 spiro atoms. The van der Waals surface area contributed by atoms with Crippen molar-refractivity contribution in [2.45, 2.75) is 496 Å². The van der Waals surface area contributed by atoms with Crippen molar-refractivity contribution in [3.05, 3.63) is 0 Å². The van der Waals surface area contributed by atoms with Crippen molar-refractivity contribution in [1.82, 2.24) is 0 Å². The number of hydrogen-bond donors (Lipinski definition) is 3. The Bertz CT molecular complexity index is 2030. The van der Waals surface area contributed by atoms with Crippen LogP contribution < -0.4 is 0 Å². The largest absolute Gasteiger partial charge is 0.472 e. The van der Waals surface area contributed by atoms with Gasteiger partial charge in [-0.2, -0.15) is 0 Å². The lowest BCUT2D eigenvalue weighted by Gasteiger charge is -2.21. The van der Waals surface area contributed by atoms with Gasteiger partial charge in [0.25, 0.3) is 0 Å². The van der Waals surface area contributed by atoms with Crippen molar-refractivity contribution in [3.63, 3.8) is 0 Å². The molecule has 0 radical (unpaired) electrons. The fraction of sp³-hybridized carbons (Fsp3) is 0.955. The molecule has 0 aromatic carbocycles. The predicted octanol–water partition coefficient (Wildman–Crippen LogP) is 27.2. The molecule has 107 heavy (non-hydrogen) atoms. The molecule has 2 unspecified atom stereocenters. The van der Waals surface area contributed by atoms with Crippen LogP contribution in [-0.4, -0.2) is 96.7 Å². The SMILES string of the molecule is CCCCCCCCCCCCCCCCCCCCCCC(=O)OC[C@H](COP(=O)(O)OC[C@@H](O)COP(=O)(O)OC[C@@H](COC(=O)CCCCCCCCCCCC)OC(=O)CCCCCCCCCCCCCCCCC(C)C)OC(=O)CCCCCCCCCCCCCCCCCCCCCC. The molecule has 0 saturated carbocycles. The molecule has 0 aliphatic rings. The topological polar surface area (TPSA) is 237 Å². The van der Waals surface area contributed by atoms with Crippen LogP contribution >= 0.6 is 15.6 Å². The van der Waals surface area contributed by atoms with Crippen molar-refractivity contribution >= 4 is 39.5 Å². The van der Waals surface area contributed by atoms with Gasteiger partial charge in [0.2, 0.25) is 0 Å². The average molecular weight is 1560 g/mol. The summed E-state index contributed by atoms with van der Waals surface area (Å²) in [7, 11) is -9.93. The highest BCUT2D eigenvalue weighted by Gasteiger charge is 2.30. The Kier molecular flexibility index (Phi) is 79.2. The summed E-state index contributed by atoms with van der Waals surface area (Å²) in [5.74, 6) is -1.30. The van der Waals surface area contributed by atoms with E-state index in [1.165, 1.54) is 302 Å². The summed E-state index contributed by atoms with van der Waals surface area (Å²) in [5.41, 5.74) is 0. The maximum Gasteiger partial charge on any atom is 0.472 e. The highest BCUT2D eigenvalue weighted by Crippen LogP contribution is 2.45. The molecular formula is C88H172O17P2. The van der Waals surface area contributed by atoms with Gasteiger partial charge in [0.15, 0.2) is 12.2 Å². The Morgan fingerprint density at radius 2 is 0.430 bits per heavy atom. The first-order chi connectivity index (χ1) is 52.0. The van der Waals surface area contributed by atoms with Crippen molar-refractivity contribution < 1.29 is 80.2 Å². The van der Waals surface area contributed by atoms with Crippen LogP contribution in [0.3, 0.4) is 0 Å². The van der Waals surface area contributed by atoms with Crippen LogP contribution in [0.4, 0.5) is 0 Å². The van der Waals surface area contributed by atoms with Gasteiger partial charge in [0.1, 0.15) is 19.3 Å². The fourth-order valence-corrected chi connectivity index (χ4v) is 15.4. The van der Waals surface area contributed by atoms with Crippen LogP contribution in [0, 0.1) is 5.92 Å². The molecule has 19 heteroatoms. The van der Waals surface area contributed by atoms with Gasteiger partial charge in [-0.3, -0.25) is 37.3 Å². The molecule has 0 rings (SSSR count). The molecule has 0 heterocycles. The summed E-state index contributed by atoms with van der Waals surface area (Å²) < 4.78 is 68.9. The van der Waals surface area contributed by atoms with Gasteiger partial charge < -0.3 is 33.8 Å². The van der Waals surface area contributed by atoms with Crippen molar-refractivity contribution in [1.29, 1.82) is 0 Å². The Morgan fingerprint density at radius 3 is 0.636 bits per heavy atom. The van der Waals surface area contributed by atoms with Gasteiger partial charge in [-0.25, -0.2) is 9.13 Å². The number of carbonyl (C=O) groups excluding carboxylic acids is 4. The molecular weight excluding hydrogens is 1390 g/mol. The van der Waals surface area contributed by atoms with E-state index in [1.54, 1.807) is 0 Å². The highest BCUT2D eigenvalue weighted by atomic mass is 31.2. The van der Waals surface area contributed by atoms with Crippen LogP contribution in [0.25, 0.3) is 0 Å². The number of phosphoric acid groups is 2. The summed E-state index contributed by atoms with van der Waals surface area (Å²) in [6.45, 7) is 7.39. The molecule has 0 aromatic heterocycles. The van der Waals surface area contributed by atoms with E-state index in [4.69, 9.17) is 37.0 Å². The second-order valence-corrected chi connectivity index (χ2v) is 35.0. The van der Waals surface area contributed by atoms with E-state index in [0.717, 1.165) is 95.8 Å². The van der Waals surface area contributed by atoms with E-state index in [0.29, 0.717) is 25.7 Å².